The molecule has 52 heavy (non-hydrogen) atoms. The Balaban J connectivity index is 1.17. The number of amides is 4. The maximum atomic E-state index is 14.3. The van der Waals surface area contributed by atoms with E-state index in [4.69, 9.17) is 9.47 Å². The molecule has 0 spiro atoms. The number of nitrogens with zero attached hydrogens (tertiary/aromatic N) is 2. The summed E-state index contributed by atoms with van der Waals surface area (Å²) in [5.74, 6) is -0.287. The van der Waals surface area contributed by atoms with Crippen molar-refractivity contribution in [2.45, 2.75) is 38.2 Å². The molecule has 8 rings (SSSR count). The van der Waals surface area contributed by atoms with Gasteiger partial charge in [-0.2, -0.15) is 0 Å². The highest BCUT2D eigenvalue weighted by atomic mass is 16.5. The van der Waals surface area contributed by atoms with Gasteiger partial charge in [0.2, 0.25) is 0 Å². The van der Waals surface area contributed by atoms with Gasteiger partial charge in [-0.1, -0.05) is 96.6 Å². The average molecular weight is 690 g/mol. The summed E-state index contributed by atoms with van der Waals surface area (Å²) < 4.78 is 11.7. The Morgan fingerprint density at radius 3 is 2.02 bits per heavy atom. The second kappa shape index (κ2) is 13.9. The fourth-order valence-corrected chi connectivity index (χ4v) is 7.88. The Bertz CT molecular complexity index is 2140. The van der Waals surface area contributed by atoms with Crippen LogP contribution in [0.25, 0.3) is 6.08 Å². The van der Waals surface area contributed by atoms with Crippen molar-refractivity contribution in [2.75, 3.05) is 30.0 Å². The van der Waals surface area contributed by atoms with E-state index in [9.17, 15) is 14.4 Å². The number of ether oxygens (including phenoxy) is 2. The highest BCUT2D eigenvalue weighted by Crippen LogP contribution is 2.50. The van der Waals surface area contributed by atoms with E-state index < -0.39 is 17.8 Å². The summed E-state index contributed by atoms with van der Waals surface area (Å²) >= 11 is 0. The monoisotopic (exact) mass is 689 g/mol. The van der Waals surface area contributed by atoms with Crippen molar-refractivity contribution in [1.82, 2.24) is 5.32 Å². The molecule has 0 radical (unpaired) electrons. The zero-order chi connectivity index (χ0) is 35.8. The minimum atomic E-state index is -0.771. The molecule has 3 heterocycles. The molecule has 0 unspecified atom stereocenters. The van der Waals surface area contributed by atoms with Crippen molar-refractivity contribution >= 4 is 35.3 Å². The molecule has 0 aromatic heterocycles. The van der Waals surface area contributed by atoms with Crippen molar-refractivity contribution < 1.29 is 23.9 Å². The minimum absolute atomic E-state index is 0.0828. The van der Waals surface area contributed by atoms with Gasteiger partial charge in [0.25, 0.3) is 11.8 Å². The molecular formula is C44H39N3O5. The molecule has 260 valence electrons. The van der Waals surface area contributed by atoms with E-state index in [-0.39, 0.29) is 17.4 Å². The summed E-state index contributed by atoms with van der Waals surface area (Å²) in [4.78, 5) is 44.8. The number of hydrogen-bond donors (Lipinski definition) is 1. The number of aryl methyl sites for hydroxylation is 1. The van der Waals surface area contributed by atoms with Gasteiger partial charge >= 0.3 is 6.03 Å². The third-order valence-electron chi connectivity index (χ3n) is 10.3. The summed E-state index contributed by atoms with van der Waals surface area (Å²) in [5.41, 5.74) is 8.73. The van der Waals surface area contributed by atoms with Crippen LogP contribution < -0.4 is 24.6 Å². The van der Waals surface area contributed by atoms with Gasteiger partial charge < -0.3 is 14.4 Å². The lowest BCUT2D eigenvalue weighted by Crippen LogP contribution is -2.54. The highest BCUT2D eigenvalue weighted by Gasteiger charge is 2.40. The molecule has 8 heteroatoms. The van der Waals surface area contributed by atoms with Crippen molar-refractivity contribution in [3.63, 3.8) is 0 Å². The zero-order valence-corrected chi connectivity index (χ0v) is 29.2. The Kier molecular flexibility index (Phi) is 8.81. The maximum Gasteiger partial charge on any atom is 0.335 e. The molecule has 8 nitrogen and oxygen atoms in total. The van der Waals surface area contributed by atoms with Crippen LogP contribution in [0.4, 0.5) is 16.2 Å². The Morgan fingerprint density at radius 2 is 1.40 bits per heavy atom. The molecule has 5 aromatic carbocycles. The smallest absolute Gasteiger partial charge is 0.335 e. The van der Waals surface area contributed by atoms with Crippen molar-refractivity contribution in [3.05, 3.63) is 160 Å². The summed E-state index contributed by atoms with van der Waals surface area (Å²) in [6, 6.07) is 37.3. The fourth-order valence-electron chi connectivity index (χ4n) is 7.88. The van der Waals surface area contributed by atoms with E-state index in [2.05, 4.69) is 40.5 Å². The molecule has 3 aliphatic rings. The number of urea groups is 1. The van der Waals surface area contributed by atoms with Gasteiger partial charge in [0, 0.05) is 30.6 Å². The molecule has 2 atom stereocenters. The molecule has 1 fully saturated rings. The summed E-state index contributed by atoms with van der Waals surface area (Å²) in [7, 11) is 1.54. The van der Waals surface area contributed by atoms with E-state index in [0.29, 0.717) is 29.4 Å². The molecule has 3 aliphatic heterocycles. The Morgan fingerprint density at radius 1 is 0.750 bits per heavy atom. The number of imide groups is 2. The third kappa shape index (κ3) is 6.21. The lowest BCUT2D eigenvalue weighted by molar-refractivity contribution is -0.122. The van der Waals surface area contributed by atoms with Crippen molar-refractivity contribution in [2.24, 2.45) is 0 Å². The van der Waals surface area contributed by atoms with Crippen LogP contribution in [0.15, 0.2) is 121 Å². The van der Waals surface area contributed by atoms with Crippen LogP contribution in [0.2, 0.25) is 0 Å². The first-order chi connectivity index (χ1) is 25.4. The van der Waals surface area contributed by atoms with Gasteiger partial charge in [-0.25, -0.2) is 9.69 Å². The van der Waals surface area contributed by atoms with E-state index in [1.54, 1.807) is 25.3 Å². The second-order valence-electron chi connectivity index (χ2n) is 13.6. The van der Waals surface area contributed by atoms with Crippen molar-refractivity contribution in [3.8, 4) is 11.5 Å². The van der Waals surface area contributed by atoms with E-state index >= 15 is 0 Å². The quantitative estimate of drug-likeness (QED) is 0.131. The summed E-state index contributed by atoms with van der Waals surface area (Å²) in [6.07, 6.45) is 3.31. The van der Waals surface area contributed by atoms with Crippen LogP contribution >= 0.6 is 0 Å². The van der Waals surface area contributed by atoms with Gasteiger partial charge in [-0.05, 0) is 83.5 Å². The number of anilines is 2. The minimum Gasteiger partial charge on any atom is -0.493 e. The molecule has 0 bridgehead atoms. The number of carbonyl (C=O) groups excluding carboxylic acids is 3. The van der Waals surface area contributed by atoms with Crippen LogP contribution in [0, 0.1) is 6.92 Å². The van der Waals surface area contributed by atoms with E-state index in [1.807, 2.05) is 73.7 Å². The molecule has 0 aliphatic carbocycles. The predicted octanol–water partition coefficient (Wildman–Crippen LogP) is 8.13. The van der Waals surface area contributed by atoms with Crippen LogP contribution in [0.5, 0.6) is 11.5 Å². The first-order valence-corrected chi connectivity index (χ1v) is 17.7. The number of hydrogen-bond acceptors (Lipinski definition) is 6. The van der Waals surface area contributed by atoms with Crippen LogP contribution in [-0.2, 0) is 16.2 Å². The standard InChI is InChI=1S/C44H39N3O5/c1-28-10-9-11-30(22-28)27-52-39-17-16-29(24-40(39)51-2)23-38-42(48)45-44(50)47(43(38)49)33-25-36-34(31-12-5-3-6-13-31)18-20-46-21-19-35(37(26-33)41(36)46)32-14-7-4-8-15-32/h3-17,22-26,34-35H,18-21,27H2,1-2H3,(H,45,48,50)/b38-23+/t34-,35+. The predicted molar refractivity (Wildman–Crippen MR) is 202 cm³/mol. The molecule has 4 amide bonds. The van der Waals surface area contributed by atoms with Gasteiger partial charge in [0.15, 0.2) is 11.5 Å². The first-order valence-electron chi connectivity index (χ1n) is 17.7. The number of barbiturate groups is 1. The zero-order valence-electron chi connectivity index (χ0n) is 29.2. The topological polar surface area (TPSA) is 88.2 Å². The van der Waals surface area contributed by atoms with Crippen LogP contribution in [0.3, 0.4) is 0 Å². The first kappa shape index (κ1) is 33.0. The molecule has 5 aromatic rings. The lowest BCUT2D eigenvalue weighted by atomic mass is 9.76. The third-order valence-corrected chi connectivity index (χ3v) is 10.3. The van der Waals surface area contributed by atoms with Gasteiger partial charge in [-0.3, -0.25) is 14.9 Å². The van der Waals surface area contributed by atoms with Gasteiger partial charge in [-0.15, -0.1) is 0 Å². The largest absolute Gasteiger partial charge is 0.493 e. The molecule has 1 saturated heterocycles. The summed E-state index contributed by atoms with van der Waals surface area (Å²) in [6.45, 7) is 4.23. The van der Waals surface area contributed by atoms with E-state index in [1.165, 1.54) is 22.9 Å². The average Bonchev–Trinajstić information content (AvgIpc) is 3.16. The Labute approximate surface area is 303 Å². The number of nitrogens with one attached hydrogen (secondary N) is 1. The van der Waals surface area contributed by atoms with Gasteiger partial charge in [0.05, 0.1) is 12.8 Å². The number of methoxy groups -OCH3 is 1. The van der Waals surface area contributed by atoms with Gasteiger partial charge in [0.1, 0.15) is 12.2 Å². The summed E-state index contributed by atoms with van der Waals surface area (Å²) in [5, 5.41) is 2.43. The SMILES string of the molecule is COc1cc(/C=C2\C(=O)NC(=O)N(c3cc4c5c(c3)[C@H](c3ccccc3)CCN5CC[C@@H]4c3ccccc3)C2=O)ccc1OCc1cccc(C)c1. The number of rotatable bonds is 8. The van der Waals surface area contributed by atoms with Crippen LogP contribution in [-0.4, -0.2) is 38.0 Å². The van der Waals surface area contributed by atoms with Crippen molar-refractivity contribution in [1.29, 1.82) is 0 Å². The number of benzene rings is 5. The number of carbonyl (C=O) groups is 3. The normalized spacial score (nSPS) is 19.0. The Hall–Kier alpha value is -6.15. The molecular weight excluding hydrogens is 651 g/mol. The second-order valence-corrected chi connectivity index (χ2v) is 13.6. The maximum absolute atomic E-state index is 14.3. The highest BCUT2D eigenvalue weighted by molar-refractivity contribution is 6.39. The molecule has 0 saturated carbocycles. The molecule has 1 N–H and O–H groups in total. The lowest BCUT2D eigenvalue weighted by Gasteiger charge is -2.44. The van der Waals surface area contributed by atoms with Crippen LogP contribution in [0.1, 0.15) is 63.6 Å². The fraction of sp³-hybridized carbons (Fsp3) is 0.205. The van der Waals surface area contributed by atoms with E-state index in [0.717, 1.165) is 53.1 Å².